The number of halogens is 4. The van der Waals surface area contributed by atoms with E-state index in [1.165, 1.54) is 20.3 Å². The third kappa shape index (κ3) is 6.41. The van der Waals surface area contributed by atoms with Crippen LogP contribution in [0.5, 0.6) is 11.5 Å². The number of nitrogens with one attached hydrogen (secondary N) is 1. The Bertz CT molecular complexity index is 960. The van der Waals surface area contributed by atoms with Crippen LogP contribution in [0.25, 0.3) is 6.08 Å². The van der Waals surface area contributed by atoms with Crippen LogP contribution in [0.3, 0.4) is 0 Å². The number of anilines is 1. The van der Waals surface area contributed by atoms with Crippen LogP contribution in [-0.2, 0) is 20.5 Å². The average molecular weight is 444 g/mol. The van der Waals surface area contributed by atoms with Crippen LogP contribution in [0.1, 0.15) is 11.1 Å². The topological polar surface area (TPSA) is 73.9 Å². The molecule has 2 aromatic rings. The number of esters is 1. The molecule has 160 valence electrons. The van der Waals surface area contributed by atoms with Gasteiger partial charge in [0, 0.05) is 6.08 Å². The minimum atomic E-state index is -4.59. The van der Waals surface area contributed by atoms with Crippen LogP contribution in [-0.4, -0.2) is 32.7 Å². The minimum Gasteiger partial charge on any atom is -0.493 e. The third-order valence-corrected chi connectivity index (χ3v) is 4.06. The second kappa shape index (κ2) is 10.0. The van der Waals surface area contributed by atoms with Gasteiger partial charge in [0.05, 0.1) is 30.5 Å². The minimum absolute atomic E-state index is 0.0870. The summed E-state index contributed by atoms with van der Waals surface area (Å²) in [5, 5.41) is 2.09. The van der Waals surface area contributed by atoms with Gasteiger partial charge in [-0.05, 0) is 42.0 Å². The fraction of sp³-hybridized carbons (Fsp3) is 0.200. The zero-order valence-corrected chi connectivity index (χ0v) is 16.6. The summed E-state index contributed by atoms with van der Waals surface area (Å²) in [6.07, 6.45) is -2.07. The van der Waals surface area contributed by atoms with Gasteiger partial charge in [-0.25, -0.2) is 4.79 Å². The fourth-order valence-electron chi connectivity index (χ4n) is 2.29. The number of hydrogen-bond donors (Lipinski definition) is 1. The number of carbonyl (C=O) groups is 2. The molecule has 0 unspecified atom stereocenters. The molecule has 0 aliphatic rings. The van der Waals surface area contributed by atoms with Crippen molar-refractivity contribution in [2.45, 2.75) is 6.18 Å². The van der Waals surface area contributed by atoms with Crippen molar-refractivity contribution in [3.05, 3.63) is 58.6 Å². The highest BCUT2D eigenvalue weighted by Gasteiger charge is 2.31. The lowest BCUT2D eigenvalue weighted by molar-refractivity contribution is -0.142. The quantitative estimate of drug-likeness (QED) is 0.501. The van der Waals surface area contributed by atoms with E-state index in [1.807, 2.05) is 0 Å². The summed E-state index contributed by atoms with van der Waals surface area (Å²) in [5.41, 5.74) is -0.602. The van der Waals surface area contributed by atoms with Crippen molar-refractivity contribution in [1.82, 2.24) is 0 Å². The second-order valence-corrected chi connectivity index (χ2v) is 6.20. The van der Waals surface area contributed by atoms with Crippen LogP contribution >= 0.6 is 11.6 Å². The van der Waals surface area contributed by atoms with Crippen molar-refractivity contribution >= 4 is 35.2 Å². The summed E-state index contributed by atoms with van der Waals surface area (Å²) < 4.78 is 53.3. The Morgan fingerprint density at radius 2 is 1.77 bits per heavy atom. The summed E-state index contributed by atoms with van der Waals surface area (Å²) >= 11 is 5.80. The molecule has 0 fully saturated rings. The Labute approximate surface area is 175 Å². The van der Waals surface area contributed by atoms with Gasteiger partial charge in [0.15, 0.2) is 18.1 Å². The molecule has 0 saturated heterocycles. The lowest BCUT2D eigenvalue weighted by Gasteiger charge is -2.11. The lowest BCUT2D eigenvalue weighted by atomic mass is 10.2. The predicted molar refractivity (Wildman–Crippen MR) is 105 cm³/mol. The Morgan fingerprint density at radius 1 is 1.07 bits per heavy atom. The van der Waals surface area contributed by atoms with Gasteiger partial charge in [-0.1, -0.05) is 17.7 Å². The van der Waals surface area contributed by atoms with Gasteiger partial charge in [0.1, 0.15) is 0 Å². The predicted octanol–water partition coefficient (Wildman–Crippen LogP) is 4.57. The Morgan fingerprint density at radius 3 is 2.40 bits per heavy atom. The van der Waals surface area contributed by atoms with Crippen LogP contribution in [0.4, 0.5) is 18.9 Å². The monoisotopic (exact) mass is 443 g/mol. The maximum atomic E-state index is 12.8. The average Bonchev–Trinajstić information content (AvgIpc) is 2.71. The molecular formula is C20H17ClF3NO5. The van der Waals surface area contributed by atoms with E-state index in [0.717, 1.165) is 18.2 Å². The van der Waals surface area contributed by atoms with Crippen LogP contribution in [0, 0.1) is 0 Å². The molecule has 0 aliphatic carbocycles. The fourth-order valence-corrected chi connectivity index (χ4v) is 2.45. The number of benzene rings is 2. The number of carbonyl (C=O) groups excluding carboxylic acids is 2. The first-order valence-electron chi connectivity index (χ1n) is 8.37. The summed E-state index contributed by atoms with van der Waals surface area (Å²) in [6.45, 7) is -0.707. The smallest absolute Gasteiger partial charge is 0.416 e. The first-order chi connectivity index (χ1) is 14.1. The number of rotatable bonds is 7. The highest BCUT2D eigenvalue weighted by molar-refractivity contribution is 6.33. The van der Waals surface area contributed by atoms with Gasteiger partial charge < -0.3 is 19.5 Å². The normalized spacial score (nSPS) is 11.3. The second-order valence-electron chi connectivity index (χ2n) is 5.80. The van der Waals surface area contributed by atoms with Crippen molar-refractivity contribution in [2.24, 2.45) is 0 Å². The van der Waals surface area contributed by atoms with Crippen molar-refractivity contribution in [3.8, 4) is 11.5 Å². The molecule has 30 heavy (non-hydrogen) atoms. The molecule has 1 N–H and O–H groups in total. The molecule has 0 saturated carbocycles. The Kier molecular flexibility index (Phi) is 7.71. The van der Waals surface area contributed by atoms with Crippen molar-refractivity contribution in [2.75, 3.05) is 26.1 Å². The maximum absolute atomic E-state index is 12.8. The first kappa shape index (κ1) is 23.1. The molecule has 10 heteroatoms. The Hall–Kier alpha value is -3.20. The SMILES string of the molecule is COc1ccc(C=CC(=O)OCC(=O)Nc2cc(C(F)(F)F)ccc2Cl)cc1OC. The zero-order valence-electron chi connectivity index (χ0n) is 15.9. The summed E-state index contributed by atoms with van der Waals surface area (Å²) in [6, 6.07) is 7.45. The summed E-state index contributed by atoms with van der Waals surface area (Å²) in [7, 11) is 2.96. The van der Waals surface area contributed by atoms with E-state index in [1.54, 1.807) is 18.2 Å². The van der Waals surface area contributed by atoms with E-state index in [2.05, 4.69) is 5.32 Å². The lowest BCUT2D eigenvalue weighted by Crippen LogP contribution is -2.20. The van der Waals surface area contributed by atoms with Crippen molar-refractivity contribution in [3.63, 3.8) is 0 Å². The first-order valence-corrected chi connectivity index (χ1v) is 8.75. The third-order valence-electron chi connectivity index (χ3n) is 3.73. The Balaban J connectivity index is 1.94. The molecule has 0 spiro atoms. The van der Waals surface area contributed by atoms with E-state index >= 15 is 0 Å². The standard InChI is InChI=1S/C20H17ClF3NO5/c1-28-16-7-3-12(9-17(16)29-2)4-8-19(27)30-11-18(26)25-15-10-13(20(22,23)24)5-6-14(15)21/h3-10H,11H2,1-2H3,(H,25,26). The van der Waals surface area contributed by atoms with Crippen molar-refractivity contribution < 1.29 is 37.0 Å². The number of hydrogen-bond acceptors (Lipinski definition) is 5. The molecular weight excluding hydrogens is 427 g/mol. The number of ether oxygens (including phenoxy) is 3. The number of methoxy groups -OCH3 is 2. The summed E-state index contributed by atoms with van der Waals surface area (Å²) in [4.78, 5) is 23.7. The molecule has 1 amide bonds. The molecule has 0 bridgehead atoms. The largest absolute Gasteiger partial charge is 0.493 e. The van der Waals surface area contributed by atoms with Gasteiger partial charge in [0.25, 0.3) is 5.91 Å². The van der Waals surface area contributed by atoms with E-state index in [9.17, 15) is 22.8 Å². The number of alkyl halides is 3. The van der Waals surface area contributed by atoms with Gasteiger partial charge in [-0.3, -0.25) is 4.79 Å². The van der Waals surface area contributed by atoms with E-state index < -0.39 is 30.2 Å². The molecule has 2 aromatic carbocycles. The maximum Gasteiger partial charge on any atom is 0.416 e. The van der Waals surface area contributed by atoms with Crippen LogP contribution < -0.4 is 14.8 Å². The summed E-state index contributed by atoms with van der Waals surface area (Å²) in [5.74, 6) is -0.688. The van der Waals surface area contributed by atoms with Crippen LogP contribution in [0.2, 0.25) is 5.02 Å². The molecule has 0 heterocycles. The highest BCUT2D eigenvalue weighted by atomic mass is 35.5. The van der Waals surface area contributed by atoms with Crippen LogP contribution in [0.15, 0.2) is 42.5 Å². The zero-order chi connectivity index (χ0) is 22.3. The van der Waals surface area contributed by atoms with Gasteiger partial charge >= 0.3 is 12.1 Å². The van der Waals surface area contributed by atoms with Crippen molar-refractivity contribution in [1.29, 1.82) is 0 Å². The molecule has 0 radical (unpaired) electrons. The molecule has 0 atom stereocenters. The van der Waals surface area contributed by atoms with Gasteiger partial charge in [-0.2, -0.15) is 13.2 Å². The van der Waals surface area contributed by atoms with Gasteiger partial charge in [-0.15, -0.1) is 0 Å². The highest BCUT2D eigenvalue weighted by Crippen LogP contribution is 2.33. The number of amides is 1. The molecule has 2 rings (SSSR count). The van der Waals surface area contributed by atoms with Gasteiger partial charge in [0.2, 0.25) is 0 Å². The molecule has 0 aromatic heterocycles. The van der Waals surface area contributed by atoms with E-state index in [0.29, 0.717) is 23.1 Å². The van der Waals surface area contributed by atoms with E-state index in [-0.39, 0.29) is 10.7 Å². The molecule has 6 nitrogen and oxygen atoms in total. The molecule has 0 aliphatic heterocycles. The van der Waals surface area contributed by atoms with E-state index in [4.69, 9.17) is 25.8 Å².